The van der Waals surface area contributed by atoms with Crippen molar-refractivity contribution in [3.63, 3.8) is 0 Å². The molecule has 2 aliphatic rings. The number of rotatable bonds is 7. The van der Waals surface area contributed by atoms with Crippen molar-refractivity contribution in [2.75, 3.05) is 52.5 Å². The highest BCUT2D eigenvalue weighted by Gasteiger charge is 2.27. The number of amides is 1. The number of hydrogen-bond donors (Lipinski definition) is 2. The number of likely N-dealkylation sites (N-methyl/N-ethyl adjacent to an activating group) is 1. The maximum atomic E-state index is 13.0. The van der Waals surface area contributed by atoms with E-state index in [4.69, 9.17) is 9.47 Å². The largest absolute Gasteiger partial charge is 0.486 e. The molecule has 0 unspecified atom stereocenters. The van der Waals surface area contributed by atoms with Gasteiger partial charge in [0.1, 0.15) is 45.9 Å². The van der Waals surface area contributed by atoms with E-state index in [0.717, 1.165) is 49.8 Å². The molecule has 6 nitrogen and oxygen atoms in total. The van der Waals surface area contributed by atoms with Crippen LogP contribution >= 0.6 is 0 Å². The molecule has 2 heterocycles. The van der Waals surface area contributed by atoms with Gasteiger partial charge >= 0.3 is 0 Å². The number of quaternary nitrogens is 2. The normalized spacial score (nSPS) is 20.3. The summed E-state index contributed by atoms with van der Waals surface area (Å²) < 4.78 is 11.3. The van der Waals surface area contributed by atoms with Crippen molar-refractivity contribution in [1.82, 2.24) is 4.90 Å². The predicted octanol–water partition coefficient (Wildman–Crippen LogP) is 0.0983. The highest BCUT2D eigenvalue weighted by atomic mass is 16.6. The van der Waals surface area contributed by atoms with E-state index in [9.17, 15) is 4.79 Å². The second-order valence-corrected chi connectivity index (χ2v) is 8.67. The average molecular weight is 426 g/mol. The number of aryl methyl sites for hydroxylation is 1. The van der Waals surface area contributed by atoms with Gasteiger partial charge in [-0.05, 0) is 37.1 Å². The molecule has 166 valence electrons. The number of nitrogens with zero attached hydrogens (tertiary/aromatic N) is 1. The molecule has 0 atom stereocenters. The number of ether oxygens (including phenoxy) is 2. The maximum Gasteiger partial charge on any atom is 0.278 e. The van der Waals surface area contributed by atoms with Gasteiger partial charge in [0.2, 0.25) is 0 Å². The quantitative estimate of drug-likeness (QED) is 0.662. The van der Waals surface area contributed by atoms with Crippen LogP contribution in [0.25, 0.3) is 0 Å². The summed E-state index contributed by atoms with van der Waals surface area (Å²) in [5.41, 5.74) is 3.90. The number of hydrogen-bond acceptors (Lipinski definition) is 3. The van der Waals surface area contributed by atoms with Gasteiger partial charge in [0.25, 0.3) is 5.91 Å². The molecule has 1 saturated heterocycles. The molecule has 31 heavy (non-hydrogen) atoms. The smallest absolute Gasteiger partial charge is 0.278 e. The van der Waals surface area contributed by atoms with Crippen LogP contribution in [0.5, 0.6) is 11.5 Å². The van der Waals surface area contributed by atoms with Crippen molar-refractivity contribution in [1.29, 1.82) is 0 Å². The van der Waals surface area contributed by atoms with Crippen LogP contribution in [-0.4, -0.2) is 63.3 Å². The highest BCUT2D eigenvalue weighted by Crippen LogP contribution is 2.31. The lowest BCUT2D eigenvalue weighted by atomic mass is 10.1. The number of benzene rings is 2. The topological polar surface area (TPSA) is 47.6 Å². The Kier molecular flexibility index (Phi) is 7.10. The van der Waals surface area contributed by atoms with E-state index in [0.29, 0.717) is 32.8 Å². The number of piperazine rings is 1. The van der Waals surface area contributed by atoms with Gasteiger partial charge in [-0.25, -0.2) is 0 Å². The van der Waals surface area contributed by atoms with Crippen LogP contribution in [0, 0.1) is 6.92 Å². The van der Waals surface area contributed by atoms with Crippen LogP contribution < -0.4 is 19.3 Å². The Morgan fingerprint density at radius 3 is 2.42 bits per heavy atom. The molecule has 6 heteroatoms. The maximum absolute atomic E-state index is 13.0. The number of carbonyl (C=O) groups excluding carboxylic acids is 1. The molecule has 2 N–H and O–H groups in total. The average Bonchev–Trinajstić information content (AvgIpc) is 2.80. The molecule has 2 aromatic rings. The second kappa shape index (κ2) is 10.2. The fourth-order valence-corrected chi connectivity index (χ4v) is 4.50. The fraction of sp³-hybridized carbons (Fsp3) is 0.480. The van der Waals surface area contributed by atoms with Crippen molar-refractivity contribution < 1.29 is 24.1 Å². The Hall–Kier alpha value is -2.57. The van der Waals surface area contributed by atoms with E-state index in [2.05, 4.69) is 38.1 Å². The Morgan fingerprint density at radius 2 is 1.68 bits per heavy atom. The lowest BCUT2D eigenvalue weighted by Gasteiger charge is -2.31. The monoisotopic (exact) mass is 425 g/mol. The molecule has 0 spiro atoms. The SMILES string of the molecule is CCN(Cc1ccc2c(c1)OCCO2)C(=O)C[NH+]1CC[NH+](Cc2ccccc2C)CC1. The summed E-state index contributed by atoms with van der Waals surface area (Å²) in [6.07, 6.45) is 0. The van der Waals surface area contributed by atoms with Crippen molar-refractivity contribution in [2.45, 2.75) is 26.9 Å². The first-order valence-electron chi connectivity index (χ1n) is 11.5. The van der Waals surface area contributed by atoms with E-state index in [1.807, 2.05) is 23.1 Å². The number of fused-ring (bicyclic) bond motifs is 1. The van der Waals surface area contributed by atoms with Crippen molar-refractivity contribution >= 4 is 5.91 Å². The van der Waals surface area contributed by atoms with E-state index in [1.54, 1.807) is 4.90 Å². The van der Waals surface area contributed by atoms with E-state index in [-0.39, 0.29) is 5.91 Å². The third-order valence-electron chi connectivity index (χ3n) is 6.48. The second-order valence-electron chi connectivity index (χ2n) is 8.67. The van der Waals surface area contributed by atoms with Gasteiger partial charge in [-0.3, -0.25) is 4.79 Å². The van der Waals surface area contributed by atoms with Crippen LogP contribution in [0.4, 0.5) is 0 Å². The molecule has 2 aromatic carbocycles. The third-order valence-corrected chi connectivity index (χ3v) is 6.48. The zero-order valence-electron chi connectivity index (χ0n) is 18.8. The van der Waals surface area contributed by atoms with Gasteiger partial charge in [-0.15, -0.1) is 0 Å². The third kappa shape index (κ3) is 5.57. The molecule has 0 bridgehead atoms. The van der Waals surface area contributed by atoms with Gasteiger partial charge < -0.3 is 24.2 Å². The zero-order valence-corrected chi connectivity index (χ0v) is 18.8. The van der Waals surface area contributed by atoms with E-state index in [1.165, 1.54) is 16.0 Å². The van der Waals surface area contributed by atoms with Gasteiger partial charge in [0.05, 0.1) is 0 Å². The zero-order chi connectivity index (χ0) is 21.6. The number of nitrogens with one attached hydrogen (secondary N) is 2. The van der Waals surface area contributed by atoms with Crippen molar-refractivity contribution in [3.8, 4) is 11.5 Å². The Bertz CT molecular complexity index is 893. The van der Waals surface area contributed by atoms with Gasteiger partial charge in [0, 0.05) is 18.7 Å². The molecule has 2 aliphatic heterocycles. The summed E-state index contributed by atoms with van der Waals surface area (Å²) in [4.78, 5) is 18.0. The van der Waals surface area contributed by atoms with Crippen molar-refractivity contribution in [2.24, 2.45) is 0 Å². The first-order chi connectivity index (χ1) is 15.1. The summed E-state index contributed by atoms with van der Waals surface area (Å²) in [6.45, 7) is 12.7. The molecule has 0 radical (unpaired) electrons. The summed E-state index contributed by atoms with van der Waals surface area (Å²) >= 11 is 0. The van der Waals surface area contributed by atoms with Crippen LogP contribution in [0.3, 0.4) is 0 Å². The number of carbonyl (C=O) groups is 1. The minimum Gasteiger partial charge on any atom is -0.486 e. The Morgan fingerprint density at radius 1 is 0.968 bits per heavy atom. The molecule has 0 aliphatic carbocycles. The van der Waals surface area contributed by atoms with Gasteiger partial charge in [0.15, 0.2) is 18.0 Å². The Balaban J connectivity index is 1.27. The first kappa shape index (κ1) is 21.7. The summed E-state index contributed by atoms with van der Waals surface area (Å²) in [5, 5.41) is 0. The lowest BCUT2D eigenvalue weighted by molar-refractivity contribution is -1.02. The van der Waals surface area contributed by atoms with E-state index < -0.39 is 0 Å². The fourth-order valence-electron chi connectivity index (χ4n) is 4.50. The van der Waals surface area contributed by atoms with Crippen LogP contribution in [0.1, 0.15) is 23.6 Å². The molecule has 1 fully saturated rings. The minimum atomic E-state index is 0.231. The summed E-state index contributed by atoms with van der Waals surface area (Å²) in [5.74, 6) is 1.81. The van der Waals surface area contributed by atoms with Crippen molar-refractivity contribution in [3.05, 3.63) is 59.2 Å². The molecular weight excluding hydrogens is 390 g/mol. The highest BCUT2D eigenvalue weighted by molar-refractivity contribution is 5.77. The standard InChI is InChI=1S/C25H33N3O3/c1-3-28(17-21-8-9-23-24(16-21)31-15-14-30-23)25(29)19-27-12-10-26(11-13-27)18-22-7-5-4-6-20(22)2/h4-9,16H,3,10-15,17-19H2,1-2H3/p+2. The van der Waals surface area contributed by atoms with E-state index >= 15 is 0 Å². The first-order valence-corrected chi connectivity index (χ1v) is 11.5. The van der Waals surface area contributed by atoms with Crippen LogP contribution in [0.15, 0.2) is 42.5 Å². The molecule has 4 rings (SSSR count). The van der Waals surface area contributed by atoms with Crippen LogP contribution in [-0.2, 0) is 17.9 Å². The predicted molar refractivity (Wildman–Crippen MR) is 120 cm³/mol. The molecule has 1 amide bonds. The minimum absolute atomic E-state index is 0.231. The summed E-state index contributed by atoms with van der Waals surface area (Å²) in [6, 6.07) is 14.6. The molecule has 0 saturated carbocycles. The molecule has 0 aromatic heterocycles. The molecular formula is C25H35N3O3+2. The summed E-state index contributed by atoms with van der Waals surface area (Å²) in [7, 11) is 0. The Labute approximate surface area is 185 Å². The van der Waals surface area contributed by atoms with Gasteiger partial charge in [-0.1, -0.05) is 30.3 Å². The lowest BCUT2D eigenvalue weighted by Crippen LogP contribution is -3.28. The van der Waals surface area contributed by atoms with Gasteiger partial charge in [-0.2, -0.15) is 0 Å². The van der Waals surface area contributed by atoms with Crippen LogP contribution in [0.2, 0.25) is 0 Å².